The normalized spacial score (nSPS) is 26.9. The van der Waals surface area contributed by atoms with Gasteiger partial charge in [0.2, 0.25) is 5.91 Å². The third-order valence-corrected chi connectivity index (χ3v) is 3.16. The van der Waals surface area contributed by atoms with E-state index < -0.39 is 0 Å². The van der Waals surface area contributed by atoms with Crippen molar-refractivity contribution >= 4 is 5.91 Å². The van der Waals surface area contributed by atoms with Crippen LogP contribution < -0.4 is 11.1 Å². The SMILES string of the molecule is CNC(=O)CN(C)C1CCCC1CN. The van der Waals surface area contributed by atoms with Crippen LogP contribution >= 0.6 is 0 Å². The monoisotopic (exact) mass is 199 g/mol. The standard InChI is InChI=1S/C10H21N3O/c1-12-10(14)7-13(2)9-5-3-4-8(9)6-11/h8-9H,3-7,11H2,1-2H3,(H,12,14). The molecule has 0 radical (unpaired) electrons. The number of carbonyl (C=O) groups excluding carboxylic acids is 1. The molecule has 14 heavy (non-hydrogen) atoms. The lowest BCUT2D eigenvalue weighted by atomic mass is 10.0. The summed E-state index contributed by atoms with van der Waals surface area (Å²) >= 11 is 0. The number of nitrogens with one attached hydrogen (secondary N) is 1. The van der Waals surface area contributed by atoms with Crippen LogP contribution in [0.3, 0.4) is 0 Å². The molecule has 0 heterocycles. The van der Waals surface area contributed by atoms with Crippen molar-refractivity contribution in [3.05, 3.63) is 0 Å². The number of amides is 1. The van der Waals surface area contributed by atoms with Gasteiger partial charge in [-0.2, -0.15) is 0 Å². The molecule has 1 saturated carbocycles. The lowest BCUT2D eigenvalue weighted by Crippen LogP contribution is -2.42. The van der Waals surface area contributed by atoms with Gasteiger partial charge in [0.25, 0.3) is 0 Å². The molecule has 2 atom stereocenters. The van der Waals surface area contributed by atoms with Gasteiger partial charge in [0.15, 0.2) is 0 Å². The zero-order chi connectivity index (χ0) is 10.6. The van der Waals surface area contributed by atoms with E-state index in [2.05, 4.69) is 10.2 Å². The van der Waals surface area contributed by atoms with E-state index in [0.29, 0.717) is 18.5 Å². The van der Waals surface area contributed by atoms with Gasteiger partial charge >= 0.3 is 0 Å². The van der Waals surface area contributed by atoms with Crippen molar-refractivity contribution in [3.8, 4) is 0 Å². The van der Waals surface area contributed by atoms with Gasteiger partial charge in [-0.15, -0.1) is 0 Å². The maximum Gasteiger partial charge on any atom is 0.233 e. The number of likely N-dealkylation sites (N-methyl/N-ethyl adjacent to an activating group) is 2. The summed E-state index contributed by atoms with van der Waals surface area (Å²) in [6.07, 6.45) is 3.62. The Bertz CT molecular complexity index is 196. The van der Waals surface area contributed by atoms with Crippen LogP contribution in [-0.4, -0.2) is 44.0 Å². The molecule has 0 aromatic heterocycles. The minimum Gasteiger partial charge on any atom is -0.358 e. The molecule has 4 heteroatoms. The van der Waals surface area contributed by atoms with E-state index in [1.807, 2.05) is 7.05 Å². The summed E-state index contributed by atoms with van der Waals surface area (Å²) in [5, 5.41) is 2.64. The molecule has 1 rings (SSSR count). The van der Waals surface area contributed by atoms with Gasteiger partial charge in [0, 0.05) is 13.1 Å². The Morgan fingerprint density at radius 3 is 2.86 bits per heavy atom. The van der Waals surface area contributed by atoms with E-state index in [4.69, 9.17) is 5.73 Å². The van der Waals surface area contributed by atoms with Crippen molar-refractivity contribution in [2.24, 2.45) is 11.7 Å². The molecule has 0 aromatic carbocycles. The van der Waals surface area contributed by atoms with Crippen LogP contribution in [0.5, 0.6) is 0 Å². The van der Waals surface area contributed by atoms with E-state index >= 15 is 0 Å². The van der Waals surface area contributed by atoms with Gasteiger partial charge in [-0.1, -0.05) is 6.42 Å². The first-order valence-electron chi connectivity index (χ1n) is 5.30. The number of nitrogens with two attached hydrogens (primary N) is 1. The lowest BCUT2D eigenvalue weighted by Gasteiger charge is -2.28. The molecular weight excluding hydrogens is 178 g/mol. The number of rotatable bonds is 4. The second-order valence-corrected chi connectivity index (χ2v) is 4.08. The zero-order valence-corrected chi connectivity index (χ0v) is 9.12. The minimum absolute atomic E-state index is 0.0789. The highest BCUT2D eigenvalue weighted by Gasteiger charge is 2.29. The van der Waals surface area contributed by atoms with Crippen molar-refractivity contribution < 1.29 is 4.79 Å². The third kappa shape index (κ3) is 2.69. The van der Waals surface area contributed by atoms with Crippen LogP contribution in [0.25, 0.3) is 0 Å². The molecule has 1 aliphatic rings. The van der Waals surface area contributed by atoms with Crippen LogP contribution in [0.1, 0.15) is 19.3 Å². The first kappa shape index (κ1) is 11.5. The Labute approximate surface area is 85.8 Å². The predicted molar refractivity (Wildman–Crippen MR) is 56.9 cm³/mol. The fraction of sp³-hybridized carbons (Fsp3) is 0.900. The first-order valence-corrected chi connectivity index (χ1v) is 5.30. The van der Waals surface area contributed by atoms with Crippen LogP contribution in [0, 0.1) is 5.92 Å². The predicted octanol–water partition coefficient (Wildman–Crippen LogP) is -0.208. The van der Waals surface area contributed by atoms with E-state index in [-0.39, 0.29) is 5.91 Å². The average Bonchev–Trinajstić information content (AvgIpc) is 2.65. The maximum atomic E-state index is 11.2. The molecule has 82 valence electrons. The third-order valence-electron chi connectivity index (χ3n) is 3.16. The van der Waals surface area contributed by atoms with E-state index in [9.17, 15) is 4.79 Å². The van der Waals surface area contributed by atoms with Crippen molar-refractivity contribution in [1.82, 2.24) is 10.2 Å². The highest BCUT2D eigenvalue weighted by molar-refractivity contribution is 5.77. The molecule has 0 saturated heterocycles. The Balaban J connectivity index is 2.42. The van der Waals surface area contributed by atoms with Crippen LogP contribution in [0.2, 0.25) is 0 Å². The maximum absolute atomic E-state index is 11.2. The van der Waals surface area contributed by atoms with Gasteiger partial charge < -0.3 is 11.1 Å². The molecule has 0 spiro atoms. The molecule has 1 fully saturated rings. The van der Waals surface area contributed by atoms with Gasteiger partial charge in [-0.3, -0.25) is 9.69 Å². The number of carbonyl (C=O) groups is 1. The lowest BCUT2D eigenvalue weighted by molar-refractivity contribution is -0.122. The van der Waals surface area contributed by atoms with Gasteiger partial charge in [0.1, 0.15) is 0 Å². The van der Waals surface area contributed by atoms with Crippen molar-refractivity contribution in [2.45, 2.75) is 25.3 Å². The number of nitrogens with zero attached hydrogens (tertiary/aromatic N) is 1. The molecule has 1 aliphatic carbocycles. The fourth-order valence-electron chi connectivity index (χ4n) is 2.30. The van der Waals surface area contributed by atoms with Crippen molar-refractivity contribution in [1.29, 1.82) is 0 Å². The van der Waals surface area contributed by atoms with Crippen molar-refractivity contribution in [2.75, 3.05) is 27.2 Å². The number of hydrogen-bond donors (Lipinski definition) is 2. The molecule has 0 aromatic rings. The topological polar surface area (TPSA) is 58.4 Å². The molecule has 1 amide bonds. The Hall–Kier alpha value is -0.610. The first-order chi connectivity index (χ1) is 6.69. The molecular formula is C10H21N3O. The van der Waals surface area contributed by atoms with Gasteiger partial charge in [-0.05, 0) is 32.4 Å². The van der Waals surface area contributed by atoms with Gasteiger partial charge in [0.05, 0.1) is 6.54 Å². The average molecular weight is 199 g/mol. The molecule has 2 unspecified atom stereocenters. The second-order valence-electron chi connectivity index (χ2n) is 4.08. The van der Waals surface area contributed by atoms with Crippen LogP contribution in [0.15, 0.2) is 0 Å². The molecule has 0 bridgehead atoms. The van der Waals surface area contributed by atoms with E-state index in [1.165, 1.54) is 19.3 Å². The summed E-state index contributed by atoms with van der Waals surface area (Å²) in [6, 6.07) is 0.497. The van der Waals surface area contributed by atoms with E-state index in [1.54, 1.807) is 7.05 Å². The summed E-state index contributed by atoms with van der Waals surface area (Å²) in [7, 11) is 3.68. The fourth-order valence-corrected chi connectivity index (χ4v) is 2.30. The summed E-state index contributed by atoms with van der Waals surface area (Å²) in [4.78, 5) is 13.3. The largest absolute Gasteiger partial charge is 0.358 e. The van der Waals surface area contributed by atoms with E-state index in [0.717, 1.165) is 6.54 Å². The van der Waals surface area contributed by atoms with Crippen LogP contribution in [0.4, 0.5) is 0 Å². The Morgan fingerprint density at radius 2 is 2.29 bits per heavy atom. The zero-order valence-electron chi connectivity index (χ0n) is 9.12. The van der Waals surface area contributed by atoms with Crippen LogP contribution in [-0.2, 0) is 4.79 Å². The minimum atomic E-state index is 0.0789. The number of hydrogen-bond acceptors (Lipinski definition) is 3. The molecule has 4 nitrogen and oxygen atoms in total. The second kappa shape index (κ2) is 5.32. The Morgan fingerprint density at radius 1 is 1.57 bits per heavy atom. The highest BCUT2D eigenvalue weighted by Crippen LogP contribution is 2.28. The van der Waals surface area contributed by atoms with Crippen molar-refractivity contribution in [3.63, 3.8) is 0 Å². The quantitative estimate of drug-likeness (QED) is 0.659. The summed E-state index contributed by atoms with van der Waals surface area (Å²) in [5.74, 6) is 0.653. The molecule has 3 N–H and O–H groups in total. The Kier molecular flexibility index (Phi) is 4.35. The summed E-state index contributed by atoms with van der Waals surface area (Å²) < 4.78 is 0. The highest BCUT2D eigenvalue weighted by atomic mass is 16.1. The summed E-state index contributed by atoms with van der Waals surface area (Å²) in [5.41, 5.74) is 5.70. The smallest absolute Gasteiger partial charge is 0.233 e. The van der Waals surface area contributed by atoms with Gasteiger partial charge in [-0.25, -0.2) is 0 Å². The molecule has 0 aliphatic heterocycles. The summed E-state index contributed by atoms with van der Waals surface area (Å²) in [6.45, 7) is 1.22.